The van der Waals surface area contributed by atoms with E-state index in [1.165, 1.54) is 19.3 Å². The van der Waals surface area contributed by atoms with Crippen molar-refractivity contribution in [3.05, 3.63) is 34.6 Å². The van der Waals surface area contributed by atoms with Crippen LogP contribution in [-0.2, 0) is 6.42 Å². The molecule has 1 aromatic carbocycles. The predicted octanol–water partition coefficient (Wildman–Crippen LogP) is 5.38. The van der Waals surface area contributed by atoms with Gasteiger partial charge in [-0.25, -0.2) is 4.39 Å². The van der Waals surface area contributed by atoms with Crippen molar-refractivity contribution in [1.82, 2.24) is 0 Å². The van der Waals surface area contributed by atoms with Gasteiger partial charge in [-0.15, -0.1) is 0 Å². The molecule has 0 aliphatic heterocycles. The molecule has 21 heavy (non-hydrogen) atoms. The van der Waals surface area contributed by atoms with E-state index in [9.17, 15) is 9.50 Å². The van der Waals surface area contributed by atoms with Gasteiger partial charge < -0.3 is 5.11 Å². The van der Waals surface area contributed by atoms with Gasteiger partial charge in [0.15, 0.2) is 0 Å². The minimum atomic E-state index is -0.319. The highest BCUT2D eigenvalue weighted by Crippen LogP contribution is 2.43. The van der Waals surface area contributed by atoms with E-state index in [0.717, 1.165) is 31.6 Å². The Labute approximate surface area is 132 Å². The molecule has 0 unspecified atom stereocenters. The minimum absolute atomic E-state index is 0.138. The van der Waals surface area contributed by atoms with Gasteiger partial charge in [0, 0.05) is 6.61 Å². The second-order valence-corrected chi connectivity index (χ2v) is 7.04. The molecule has 1 N–H and O–H groups in total. The van der Waals surface area contributed by atoms with Crippen LogP contribution >= 0.6 is 11.6 Å². The summed E-state index contributed by atoms with van der Waals surface area (Å²) >= 11 is 5.86. The van der Waals surface area contributed by atoms with Crippen LogP contribution in [0.3, 0.4) is 0 Å². The van der Waals surface area contributed by atoms with E-state index in [2.05, 4.69) is 6.92 Å². The Kier molecular flexibility index (Phi) is 6.07. The van der Waals surface area contributed by atoms with E-state index in [1.54, 1.807) is 18.2 Å². The SMILES string of the molecule is CCCCC1CCC(CO)(Cc2cccc(Cl)c2F)CC1. The Balaban J connectivity index is 2.01. The largest absolute Gasteiger partial charge is 0.396 e. The van der Waals surface area contributed by atoms with Crippen molar-refractivity contribution in [3.63, 3.8) is 0 Å². The summed E-state index contributed by atoms with van der Waals surface area (Å²) in [4.78, 5) is 0. The number of aliphatic hydroxyl groups excluding tert-OH is 1. The van der Waals surface area contributed by atoms with Crippen molar-refractivity contribution in [2.45, 2.75) is 58.3 Å². The van der Waals surface area contributed by atoms with Crippen molar-refractivity contribution < 1.29 is 9.50 Å². The highest BCUT2D eigenvalue weighted by Gasteiger charge is 2.35. The number of rotatable bonds is 6. The normalized spacial score (nSPS) is 26.0. The number of hydrogen-bond acceptors (Lipinski definition) is 1. The van der Waals surface area contributed by atoms with Gasteiger partial charge in [0.1, 0.15) is 5.82 Å². The Hall–Kier alpha value is -0.600. The summed E-state index contributed by atoms with van der Waals surface area (Å²) < 4.78 is 14.1. The van der Waals surface area contributed by atoms with E-state index < -0.39 is 0 Å². The smallest absolute Gasteiger partial charge is 0.144 e. The fraction of sp³-hybridized carbons (Fsp3) is 0.667. The van der Waals surface area contributed by atoms with Crippen molar-refractivity contribution >= 4 is 11.6 Å². The fourth-order valence-corrected chi connectivity index (χ4v) is 3.75. The number of hydrogen-bond donors (Lipinski definition) is 1. The fourth-order valence-electron chi connectivity index (χ4n) is 3.55. The van der Waals surface area contributed by atoms with E-state index in [4.69, 9.17) is 11.6 Å². The molecule has 0 atom stereocenters. The zero-order valence-electron chi connectivity index (χ0n) is 12.9. The van der Waals surface area contributed by atoms with Gasteiger partial charge in [-0.1, -0.05) is 49.9 Å². The van der Waals surface area contributed by atoms with Crippen LogP contribution in [0.4, 0.5) is 4.39 Å². The van der Waals surface area contributed by atoms with E-state index in [-0.39, 0.29) is 22.9 Å². The third-order valence-electron chi connectivity index (χ3n) is 5.06. The van der Waals surface area contributed by atoms with Crippen LogP contribution in [-0.4, -0.2) is 11.7 Å². The molecule has 0 heterocycles. The second kappa shape index (κ2) is 7.60. The maximum atomic E-state index is 14.1. The lowest BCUT2D eigenvalue weighted by atomic mass is 9.67. The highest BCUT2D eigenvalue weighted by atomic mass is 35.5. The van der Waals surface area contributed by atoms with E-state index >= 15 is 0 Å². The first-order valence-electron chi connectivity index (χ1n) is 8.14. The summed E-state index contributed by atoms with van der Waals surface area (Å²) in [5.41, 5.74) is 0.484. The number of halogens is 2. The zero-order chi connectivity index (χ0) is 15.3. The Morgan fingerprint density at radius 2 is 2.05 bits per heavy atom. The van der Waals surface area contributed by atoms with Gasteiger partial charge in [0.25, 0.3) is 0 Å². The molecule has 1 saturated carbocycles. The van der Waals surface area contributed by atoms with Crippen LogP contribution < -0.4 is 0 Å². The topological polar surface area (TPSA) is 20.2 Å². The van der Waals surface area contributed by atoms with E-state index in [1.807, 2.05) is 0 Å². The number of benzene rings is 1. The van der Waals surface area contributed by atoms with Gasteiger partial charge >= 0.3 is 0 Å². The zero-order valence-corrected chi connectivity index (χ0v) is 13.6. The Morgan fingerprint density at radius 1 is 1.33 bits per heavy atom. The van der Waals surface area contributed by atoms with Gasteiger partial charge in [0.05, 0.1) is 5.02 Å². The van der Waals surface area contributed by atoms with Crippen LogP contribution in [0, 0.1) is 17.2 Å². The standard InChI is InChI=1S/C18H26ClFO/c1-2-3-5-14-8-10-18(13-21,11-9-14)12-15-6-4-7-16(19)17(15)20/h4,6-7,14,21H,2-3,5,8-13H2,1H3. The lowest BCUT2D eigenvalue weighted by molar-refractivity contribution is 0.0613. The molecule has 2 rings (SSSR count). The first-order chi connectivity index (χ1) is 10.1. The number of unbranched alkanes of at least 4 members (excludes halogenated alkanes) is 1. The Morgan fingerprint density at radius 3 is 2.67 bits per heavy atom. The maximum Gasteiger partial charge on any atom is 0.144 e. The van der Waals surface area contributed by atoms with E-state index in [0.29, 0.717) is 12.0 Å². The summed E-state index contributed by atoms with van der Waals surface area (Å²) in [5, 5.41) is 10.0. The molecule has 1 nitrogen and oxygen atoms in total. The van der Waals surface area contributed by atoms with Crippen LogP contribution in [0.25, 0.3) is 0 Å². The van der Waals surface area contributed by atoms with Gasteiger partial charge in [-0.2, -0.15) is 0 Å². The molecule has 1 aromatic rings. The first kappa shape index (κ1) is 16.8. The summed E-state index contributed by atoms with van der Waals surface area (Å²) in [6.07, 6.45) is 8.72. The van der Waals surface area contributed by atoms with Gasteiger partial charge in [0.2, 0.25) is 0 Å². The average molecular weight is 313 g/mol. The molecule has 0 amide bonds. The third kappa shape index (κ3) is 4.20. The van der Waals surface area contributed by atoms with Crippen LogP contribution in [0.2, 0.25) is 5.02 Å². The Bertz CT molecular complexity index is 453. The summed E-state index contributed by atoms with van der Waals surface area (Å²) in [6, 6.07) is 5.16. The molecule has 1 aliphatic rings. The molecule has 3 heteroatoms. The molecular formula is C18H26ClFO. The highest BCUT2D eigenvalue weighted by molar-refractivity contribution is 6.30. The monoisotopic (exact) mass is 312 g/mol. The molecule has 0 aromatic heterocycles. The van der Waals surface area contributed by atoms with Crippen molar-refractivity contribution in [2.24, 2.45) is 11.3 Å². The lowest BCUT2D eigenvalue weighted by Gasteiger charge is -2.39. The second-order valence-electron chi connectivity index (χ2n) is 6.63. The molecule has 1 fully saturated rings. The number of aliphatic hydroxyl groups is 1. The summed E-state index contributed by atoms with van der Waals surface area (Å²) in [5.74, 6) is 0.467. The summed E-state index contributed by atoms with van der Waals surface area (Å²) in [7, 11) is 0. The van der Waals surface area contributed by atoms with Gasteiger partial charge in [-0.05, 0) is 55.1 Å². The van der Waals surface area contributed by atoms with Crippen LogP contribution in [0.15, 0.2) is 18.2 Å². The molecule has 0 spiro atoms. The van der Waals surface area contributed by atoms with Crippen molar-refractivity contribution in [3.8, 4) is 0 Å². The molecule has 1 aliphatic carbocycles. The van der Waals surface area contributed by atoms with Crippen molar-refractivity contribution in [1.29, 1.82) is 0 Å². The van der Waals surface area contributed by atoms with Crippen LogP contribution in [0.5, 0.6) is 0 Å². The third-order valence-corrected chi connectivity index (χ3v) is 5.36. The maximum absolute atomic E-state index is 14.1. The first-order valence-corrected chi connectivity index (χ1v) is 8.52. The predicted molar refractivity (Wildman–Crippen MR) is 86.1 cm³/mol. The molecule has 118 valence electrons. The molecule has 0 saturated heterocycles. The van der Waals surface area contributed by atoms with Crippen LogP contribution in [0.1, 0.15) is 57.4 Å². The van der Waals surface area contributed by atoms with Crippen molar-refractivity contribution in [2.75, 3.05) is 6.61 Å². The quantitative estimate of drug-likeness (QED) is 0.747. The lowest BCUT2D eigenvalue weighted by Crippen LogP contribution is -2.33. The van der Waals surface area contributed by atoms with Gasteiger partial charge in [-0.3, -0.25) is 0 Å². The summed E-state index contributed by atoms with van der Waals surface area (Å²) in [6.45, 7) is 2.36. The average Bonchev–Trinajstić information content (AvgIpc) is 2.51. The molecule has 0 bridgehead atoms. The minimum Gasteiger partial charge on any atom is -0.396 e. The molecular weight excluding hydrogens is 287 g/mol. The molecule has 0 radical (unpaired) electrons.